The van der Waals surface area contributed by atoms with Crippen LogP contribution in [0.4, 0.5) is 5.95 Å². The van der Waals surface area contributed by atoms with E-state index in [2.05, 4.69) is 20.0 Å². The molecule has 0 amide bonds. The van der Waals surface area contributed by atoms with Crippen molar-refractivity contribution in [3.63, 3.8) is 0 Å². The van der Waals surface area contributed by atoms with E-state index in [1.807, 2.05) is 29.2 Å². The van der Waals surface area contributed by atoms with Gasteiger partial charge in [-0.2, -0.15) is 5.10 Å². The van der Waals surface area contributed by atoms with Gasteiger partial charge in [0.05, 0.1) is 12.6 Å². The summed E-state index contributed by atoms with van der Waals surface area (Å²) in [6.07, 6.45) is 9.79. The quantitative estimate of drug-likeness (QED) is 0.797. The molecule has 1 aliphatic heterocycles. The van der Waals surface area contributed by atoms with Gasteiger partial charge in [0.15, 0.2) is 0 Å². The smallest absolute Gasteiger partial charge is 0.225 e. The molecule has 3 heterocycles. The van der Waals surface area contributed by atoms with E-state index in [9.17, 15) is 0 Å². The summed E-state index contributed by atoms with van der Waals surface area (Å²) < 4.78 is 1.98. The highest BCUT2D eigenvalue weighted by molar-refractivity contribution is 5.32. The Kier molecular flexibility index (Phi) is 2.73. The molecular weight excluding hydrogens is 214 g/mol. The second kappa shape index (κ2) is 4.53. The minimum Gasteiger partial charge on any atom is -0.336 e. The number of rotatable bonds is 3. The van der Waals surface area contributed by atoms with Gasteiger partial charge in [0.25, 0.3) is 0 Å². The fourth-order valence-corrected chi connectivity index (χ4v) is 2.35. The van der Waals surface area contributed by atoms with Crippen molar-refractivity contribution >= 4 is 5.95 Å². The van der Waals surface area contributed by atoms with Crippen LogP contribution in [0.2, 0.25) is 0 Å². The molecule has 0 N–H and O–H groups in total. The second-order valence-corrected chi connectivity index (χ2v) is 4.27. The molecule has 5 heteroatoms. The molecule has 0 aromatic carbocycles. The molecule has 1 fully saturated rings. The zero-order valence-corrected chi connectivity index (χ0v) is 9.61. The maximum atomic E-state index is 4.33. The Bertz CT molecular complexity index is 453. The van der Waals surface area contributed by atoms with Crippen LogP contribution in [0.25, 0.3) is 0 Å². The van der Waals surface area contributed by atoms with Crippen LogP contribution in [-0.2, 0) is 6.54 Å². The Morgan fingerprint density at radius 1 is 1.18 bits per heavy atom. The molecule has 0 saturated carbocycles. The average molecular weight is 229 g/mol. The largest absolute Gasteiger partial charge is 0.336 e. The monoisotopic (exact) mass is 229 g/mol. The van der Waals surface area contributed by atoms with Crippen LogP contribution in [0.3, 0.4) is 0 Å². The number of nitrogens with zero attached hydrogens (tertiary/aromatic N) is 5. The van der Waals surface area contributed by atoms with Crippen molar-refractivity contribution in [2.45, 2.75) is 25.4 Å². The Hall–Kier alpha value is -1.91. The maximum absolute atomic E-state index is 4.33. The first-order chi connectivity index (χ1) is 8.43. The van der Waals surface area contributed by atoms with E-state index in [1.54, 1.807) is 12.4 Å². The van der Waals surface area contributed by atoms with Crippen molar-refractivity contribution in [2.75, 3.05) is 11.4 Å². The van der Waals surface area contributed by atoms with Gasteiger partial charge < -0.3 is 4.90 Å². The minimum absolute atomic E-state index is 0.456. The SMILES string of the molecule is c1cnc(N2CCC[C@H]2Cn2cccn2)nc1. The lowest BCUT2D eigenvalue weighted by molar-refractivity contribution is 0.505. The molecule has 0 bridgehead atoms. The Morgan fingerprint density at radius 2 is 2.06 bits per heavy atom. The highest BCUT2D eigenvalue weighted by Gasteiger charge is 2.26. The number of aromatic nitrogens is 4. The third kappa shape index (κ3) is 2.13. The molecule has 0 unspecified atom stereocenters. The molecule has 1 saturated heterocycles. The van der Waals surface area contributed by atoms with Crippen molar-refractivity contribution in [3.8, 4) is 0 Å². The molecule has 88 valence electrons. The summed E-state index contributed by atoms with van der Waals surface area (Å²) in [6, 6.07) is 4.26. The first kappa shape index (κ1) is 10.3. The fourth-order valence-electron chi connectivity index (χ4n) is 2.35. The lowest BCUT2D eigenvalue weighted by Crippen LogP contribution is -2.34. The van der Waals surface area contributed by atoms with Crippen molar-refractivity contribution in [2.24, 2.45) is 0 Å². The average Bonchev–Trinajstić information content (AvgIpc) is 3.02. The molecule has 1 aliphatic rings. The van der Waals surface area contributed by atoms with E-state index in [1.165, 1.54) is 12.8 Å². The van der Waals surface area contributed by atoms with Gasteiger partial charge in [0.1, 0.15) is 0 Å². The van der Waals surface area contributed by atoms with Gasteiger partial charge >= 0.3 is 0 Å². The number of hydrogen-bond acceptors (Lipinski definition) is 4. The third-order valence-electron chi connectivity index (χ3n) is 3.14. The molecule has 0 aliphatic carbocycles. The fraction of sp³-hybridized carbons (Fsp3) is 0.417. The summed E-state index contributed by atoms with van der Waals surface area (Å²) in [7, 11) is 0. The molecule has 0 radical (unpaired) electrons. The first-order valence-electron chi connectivity index (χ1n) is 5.94. The molecule has 17 heavy (non-hydrogen) atoms. The molecule has 2 aromatic rings. The predicted molar refractivity (Wildman–Crippen MR) is 64.6 cm³/mol. The third-order valence-corrected chi connectivity index (χ3v) is 3.14. The van der Waals surface area contributed by atoms with Crippen LogP contribution in [0.15, 0.2) is 36.9 Å². The van der Waals surface area contributed by atoms with Crippen molar-refractivity contribution < 1.29 is 0 Å². The Morgan fingerprint density at radius 3 is 2.82 bits per heavy atom. The van der Waals surface area contributed by atoms with Crippen LogP contribution >= 0.6 is 0 Å². The number of anilines is 1. The van der Waals surface area contributed by atoms with E-state index in [4.69, 9.17) is 0 Å². The summed E-state index contributed by atoms with van der Waals surface area (Å²) in [5, 5.41) is 4.26. The van der Waals surface area contributed by atoms with E-state index >= 15 is 0 Å². The summed E-state index contributed by atoms with van der Waals surface area (Å²) in [5.41, 5.74) is 0. The van der Waals surface area contributed by atoms with E-state index < -0.39 is 0 Å². The molecule has 3 rings (SSSR count). The summed E-state index contributed by atoms with van der Waals surface area (Å²) >= 11 is 0. The second-order valence-electron chi connectivity index (χ2n) is 4.27. The van der Waals surface area contributed by atoms with Crippen LogP contribution in [0.5, 0.6) is 0 Å². The summed E-state index contributed by atoms with van der Waals surface area (Å²) in [5.74, 6) is 0.835. The Balaban J connectivity index is 1.76. The highest BCUT2D eigenvalue weighted by Crippen LogP contribution is 2.22. The molecule has 2 aromatic heterocycles. The van der Waals surface area contributed by atoms with E-state index in [0.29, 0.717) is 6.04 Å². The van der Waals surface area contributed by atoms with E-state index in [0.717, 1.165) is 19.0 Å². The van der Waals surface area contributed by atoms with Crippen LogP contribution in [-0.4, -0.2) is 32.3 Å². The van der Waals surface area contributed by atoms with Gasteiger partial charge in [-0.1, -0.05) is 0 Å². The number of hydrogen-bond donors (Lipinski definition) is 0. The lowest BCUT2D eigenvalue weighted by atomic mass is 10.2. The summed E-state index contributed by atoms with van der Waals surface area (Å²) in [6.45, 7) is 1.95. The van der Waals surface area contributed by atoms with Crippen molar-refractivity contribution in [1.82, 2.24) is 19.7 Å². The molecule has 0 spiro atoms. The normalized spacial score (nSPS) is 19.8. The standard InChI is InChI=1S/C12H15N5/c1-4-11(10-16-8-3-7-15-16)17(9-1)12-13-5-2-6-14-12/h2-3,5-8,11H,1,4,9-10H2/t11-/m0/s1. The van der Waals surface area contributed by atoms with Crippen molar-refractivity contribution in [1.29, 1.82) is 0 Å². The lowest BCUT2D eigenvalue weighted by Gasteiger charge is -2.24. The topological polar surface area (TPSA) is 46.8 Å². The first-order valence-corrected chi connectivity index (χ1v) is 5.94. The van der Waals surface area contributed by atoms with Crippen LogP contribution in [0, 0.1) is 0 Å². The zero-order valence-electron chi connectivity index (χ0n) is 9.61. The summed E-state index contributed by atoms with van der Waals surface area (Å²) in [4.78, 5) is 10.9. The highest BCUT2D eigenvalue weighted by atomic mass is 15.3. The van der Waals surface area contributed by atoms with Crippen LogP contribution < -0.4 is 4.90 Å². The van der Waals surface area contributed by atoms with Gasteiger partial charge in [0, 0.05) is 31.3 Å². The van der Waals surface area contributed by atoms with Crippen molar-refractivity contribution in [3.05, 3.63) is 36.9 Å². The minimum atomic E-state index is 0.456. The Labute approximate surface area is 100 Å². The predicted octanol–water partition coefficient (Wildman–Crippen LogP) is 1.34. The molecule has 5 nitrogen and oxygen atoms in total. The van der Waals surface area contributed by atoms with Gasteiger partial charge in [-0.3, -0.25) is 4.68 Å². The van der Waals surface area contributed by atoms with E-state index in [-0.39, 0.29) is 0 Å². The van der Waals surface area contributed by atoms with Gasteiger partial charge in [-0.15, -0.1) is 0 Å². The zero-order chi connectivity index (χ0) is 11.5. The van der Waals surface area contributed by atoms with Gasteiger partial charge in [-0.25, -0.2) is 9.97 Å². The van der Waals surface area contributed by atoms with Crippen LogP contribution in [0.1, 0.15) is 12.8 Å². The molecule has 1 atom stereocenters. The maximum Gasteiger partial charge on any atom is 0.225 e. The van der Waals surface area contributed by atoms with Gasteiger partial charge in [0.2, 0.25) is 5.95 Å². The molecular formula is C12H15N5. The van der Waals surface area contributed by atoms with Gasteiger partial charge in [-0.05, 0) is 25.0 Å².